The van der Waals surface area contributed by atoms with Crippen molar-refractivity contribution in [2.75, 3.05) is 18.8 Å². The van der Waals surface area contributed by atoms with Crippen LogP contribution in [0.3, 0.4) is 0 Å². The molecule has 0 spiro atoms. The molecule has 1 aliphatic heterocycles. The lowest BCUT2D eigenvalue weighted by molar-refractivity contribution is 0.104. The van der Waals surface area contributed by atoms with Crippen LogP contribution in [-0.2, 0) is 6.54 Å². The molecule has 0 saturated carbocycles. The summed E-state index contributed by atoms with van der Waals surface area (Å²) < 4.78 is 0. The van der Waals surface area contributed by atoms with Gasteiger partial charge in [0.25, 0.3) is 0 Å². The first-order chi connectivity index (χ1) is 13.2. The maximum Gasteiger partial charge on any atom is 0.221 e. The number of halogens is 2. The third-order valence-electron chi connectivity index (χ3n) is 5.39. The van der Waals surface area contributed by atoms with Gasteiger partial charge in [-0.1, -0.05) is 42.5 Å². The maximum atomic E-state index is 13.1. The Morgan fingerprint density at radius 2 is 1.59 bits per heavy atom. The second-order valence-corrected chi connectivity index (χ2v) is 7.21. The van der Waals surface area contributed by atoms with Gasteiger partial charge in [-0.15, -0.1) is 24.8 Å². The third kappa shape index (κ3) is 3.73. The number of ketones is 1. The van der Waals surface area contributed by atoms with E-state index in [-0.39, 0.29) is 36.5 Å². The molecule has 150 valence electrons. The number of fused-ring (bicyclic) bond motifs is 3. The molecule has 1 saturated heterocycles. The minimum Gasteiger partial charge on any atom is -0.368 e. The lowest BCUT2D eigenvalue weighted by atomic mass is 10.0. The van der Waals surface area contributed by atoms with Crippen molar-refractivity contribution in [3.63, 3.8) is 0 Å². The number of aromatic nitrogens is 2. The van der Waals surface area contributed by atoms with E-state index in [1.165, 1.54) is 18.4 Å². The normalized spacial score (nSPS) is 14.7. The summed E-state index contributed by atoms with van der Waals surface area (Å²) in [6, 6.07) is 15.8. The minimum absolute atomic E-state index is 0. The molecular weight excluding hydrogens is 407 g/mol. The number of anilines is 1. The molecular formula is C22H22Cl2N4O. The summed E-state index contributed by atoms with van der Waals surface area (Å²) in [4.78, 5) is 24.4. The zero-order valence-electron chi connectivity index (χ0n) is 15.8. The number of hydrogen-bond donors (Lipinski definition) is 1. The van der Waals surface area contributed by atoms with Gasteiger partial charge in [0.1, 0.15) is 0 Å². The summed E-state index contributed by atoms with van der Waals surface area (Å²) in [6.07, 6.45) is 2.52. The molecule has 0 amide bonds. The van der Waals surface area contributed by atoms with Crippen LogP contribution in [0.15, 0.2) is 48.5 Å². The van der Waals surface area contributed by atoms with Crippen LogP contribution in [0.4, 0.5) is 5.95 Å². The quantitative estimate of drug-likeness (QED) is 0.524. The summed E-state index contributed by atoms with van der Waals surface area (Å²) in [7, 11) is 0. The van der Waals surface area contributed by atoms with E-state index in [1.807, 2.05) is 36.4 Å². The summed E-state index contributed by atoms with van der Waals surface area (Å²) in [5.41, 5.74) is 11.5. The van der Waals surface area contributed by atoms with Crippen molar-refractivity contribution in [3.8, 4) is 22.5 Å². The van der Waals surface area contributed by atoms with E-state index >= 15 is 0 Å². The fraction of sp³-hybridized carbons (Fsp3) is 0.227. The summed E-state index contributed by atoms with van der Waals surface area (Å²) in [5.74, 6) is 0.171. The highest BCUT2D eigenvalue weighted by atomic mass is 35.5. The van der Waals surface area contributed by atoms with Crippen molar-refractivity contribution in [1.29, 1.82) is 0 Å². The molecule has 1 aromatic heterocycles. The molecule has 1 fully saturated rings. The Morgan fingerprint density at radius 1 is 0.897 bits per heavy atom. The van der Waals surface area contributed by atoms with Crippen molar-refractivity contribution in [2.24, 2.45) is 0 Å². The van der Waals surface area contributed by atoms with Gasteiger partial charge in [-0.05, 0) is 37.6 Å². The largest absolute Gasteiger partial charge is 0.368 e. The monoisotopic (exact) mass is 428 g/mol. The number of rotatable bonds is 3. The van der Waals surface area contributed by atoms with Crippen molar-refractivity contribution in [2.45, 2.75) is 19.4 Å². The molecule has 0 atom stereocenters. The molecule has 29 heavy (non-hydrogen) atoms. The van der Waals surface area contributed by atoms with Gasteiger partial charge < -0.3 is 5.73 Å². The fourth-order valence-corrected chi connectivity index (χ4v) is 4.11. The molecule has 1 aliphatic carbocycles. The summed E-state index contributed by atoms with van der Waals surface area (Å²) >= 11 is 0. The Morgan fingerprint density at radius 3 is 2.31 bits per heavy atom. The Labute approximate surface area is 182 Å². The first kappa shape index (κ1) is 21.2. The predicted octanol–water partition coefficient (Wildman–Crippen LogP) is 4.38. The highest BCUT2D eigenvalue weighted by molar-refractivity contribution is 6.23. The van der Waals surface area contributed by atoms with Crippen LogP contribution in [0.25, 0.3) is 22.5 Å². The van der Waals surface area contributed by atoms with Crippen LogP contribution < -0.4 is 5.73 Å². The van der Waals surface area contributed by atoms with E-state index in [9.17, 15) is 4.79 Å². The number of benzene rings is 2. The molecule has 2 aliphatic rings. The fourth-order valence-electron chi connectivity index (χ4n) is 4.11. The first-order valence-electron chi connectivity index (χ1n) is 9.34. The van der Waals surface area contributed by atoms with Crippen molar-refractivity contribution in [1.82, 2.24) is 14.9 Å². The Kier molecular flexibility index (Phi) is 6.22. The van der Waals surface area contributed by atoms with Gasteiger partial charge in [-0.25, -0.2) is 9.97 Å². The van der Waals surface area contributed by atoms with Gasteiger partial charge in [-0.2, -0.15) is 0 Å². The highest BCUT2D eigenvalue weighted by Gasteiger charge is 2.32. The summed E-state index contributed by atoms with van der Waals surface area (Å²) in [6.45, 7) is 3.18. The molecule has 2 heterocycles. The Bertz CT molecular complexity index is 1050. The van der Waals surface area contributed by atoms with E-state index in [4.69, 9.17) is 5.73 Å². The predicted molar refractivity (Wildman–Crippen MR) is 120 cm³/mol. The molecule has 2 aromatic carbocycles. The van der Waals surface area contributed by atoms with Crippen LogP contribution in [0.1, 0.15) is 34.3 Å². The van der Waals surface area contributed by atoms with Crippen molar-refractivity contribution < 1.29 is 4.79 Å². The van der Waals surface area contributed by atoms with Crippen LogP contribution in [0, 0.1) is 0 Å². The van der Waals surface area contributed by atoms with Crippen LogP contribution >= 0.6 is 24.8 Å². The molecule has 0 radical (unpaired) electrons. The van der Waals surface area contributed by atoms with E-state index in [0.717, 1.165) is 30.8 Å². The summed E-state index contributed by atoms with van der Waals surface area (Å²) in [5, 5.41) is 0. The second kappa shape index (κ2) is 8.49. The lowest BCUT2D eigenvalue weighted by Crippen LogP contribution is -2.18. The van der Waals surface area contributed by atoms with Crippen LogP contribution in [0.5, 0.6) is 0 Å². The third-order valence-corrected chi connectivity index (χ3v) is 5.39. The zero-order chi connectivity index (χ0) is 18.4. The molecule has 3 aromatic rings. The molecule has 5 nitrogen and oxygen atoms in total. The molecule has 0 unspecified atom stereocenters. The molecule has 5 rings (SSSR count). The van der Waals surface area contributed by atoms with E-state index in [2.05, 4.69) is 27.0 Å². The number of carbonyl (C=O) groups is 1. The molecule has 0 bridgehead atoms. The smallest absolute Gasteiger partial charge is 0.221 e. The topological polar surface area (TPSA) is 72.1 Å². The van der Waals surface area contributed by atoms with Crippen molar-refractivity contribution >= 4 is 36.5 Å². The van der Waals surface area contributed by atoms with E-state index in [1.54, 1.807) is 0 Å². The Balaban J connectivity index is 0.00000120. The second-order valence-electron chi connectivity index (χ2n) is 7.21. The van der Waals surface area contributed by atoms with Crippen LogP contribution in [0.2, 0.25) is 0 Å². The van der Waals surface area contributed by atoms with Gasteiger partial charge in [0.2, 0.25) is 5.95 Å². The number of nitrogens with two attached hydrogens (primary N) is 1. The molecule has 7 heteroatoms. The van der Waals surface area contributed by atoms with E-state index in [0.29, 0.717) is 22.5 Å². The van der Waals surface area contributed by atoms with Crippen molar-refractivity contribution in [3.05, 3.63) is 65.2 Å². The number of nitrogen functional groups attached to an aromatic ring is 1. The number of likely N-dealkylation sites (tertiary alicyclic amines) is 1. The first-order valence-corrected chi connectivity index (χ1v) is 9.34. The highest BCUT2D eigenvalue weighted by Crippen LogP contribution is 2.40. The van der Waals surface area contributed by atoms with Gasteiger partial charge in [0, 0.05) is 23.2 Å². The lowest BCUT2D eigenvalue weighted by Gasteiger charge is -2.15. The Hall–Kier alpha value is -2.47. The number of carbonyl (C=O) groups excluding carboxylic acids is 1. The number of nitrogens with zero attached hydrogens (tertiary/aromatic N) is 3. The van der Waals surface area contributed by atoms with Crippen LogP contribution in [-0.4, -0.2) is 33.7 Å². The average molecular weight is 429 g/mol. The SMILES string of the molecule is Cl.Cl.Nc1nc(-c2ccccc2)c2c(n1)-c1cc(CN3CCCC3)ccc1C2=O. The standard InChI is InChI=1S/C22H20N4O.2ClH/c23-22-24-19(15-6-2-1-3-7-15)18-20(25-22)17-12-14(8-9-16(17)21(18)27)13-26-10-4-5-11-26;;/h1-3,6-9,12H,4-5,10-11,13H2,(H2,23,24,25);2*1H. The van der Waals surface area contributed by atoms with Gasteiger partial charge in [0.05, 0.1) is 17.0 Å². The van der Waals surface area contributed by atoms with E-state index < -0.39 is 0 Å². The molecule has 2 N–H and O–H groups in total. The zero-order valence-corrected chi connectivity index (χ0v) is 17.4. The van der Waals surface area contributed by atoms with Gasteiger partial charge in [0.15, 0.2) is 5.78 Å². The number of hydrogen-bond acceptors (Lipinski definition) is 5. The van der Waals surface area contributed by atoms with Gasteiger partial charge >= 0.3 is 0 Å². The average Bonchev–Trinajstić information content (AvgIpc) is 3.29. The van der Waals surface area contributed by atoms with Gasteiger partial charge in [-0.3, -0.25) is 9.69 Å². The maximum absolute atomic E-state index is 13.1. The minimum atomic E-state index is -0.0217.